The highest BCUT2D eigenvalue weighted by atomic mass is 79.9. The topological polar surface area (TPSA) is 81.9 Å². The lowest BCUT2D eigenvalue weighted by atomic mass is 10.2. The van der Waals surface area contributed by atoms with Crippen molar-refractivity contribution >= 4 is 50.1 Å². The molecular weight excluding hydrogens is 517 g/mol. The Morgan fingerprint density at radius 2 is 1.94 bits per heavy atom. The van der Waals surface area contributed by atoms with Crippen molar-refractivity contribution in [2.45, 2.75) is 17.0 Å². The second-order valence-electron chi connectivity index (χ2n) is 6.44. The molecule has 0 bridgehead atoms. The van der Waals surface area contributed by atoms with Gasteiger partial charge in [0, 0.05) is 10.2 Å². The van der Waals surface area contributed by atoms with E-state index < -0.39 is 5.91 Å². The number of hydrogen-bond donors (Lipinski definition) is 1. The molecule has 4 aromatic rings. The standard InChI is InChI=1S/C21H17BrFN5O2S2/c1-2-30-17-11-28(16-9-7-15(23)8-10-16)27-18(17)19(29)24-20-25-26-21(32-20)31-12-13-3-5-14(22)6-4-13/h3-11H,2,12H2,1H3,(H,24,25,29). The molecule has 0 saturated heterocycles. The number of benzene rings is 2. The SMILES string of the molecule is CCOc1cn(-c2ccc(F)cc2)nc1C(=O)Nc1nnc(SCc2ccc(Br)cc2)s1. The number of nitrogens with zero attached hydrogens (tertiary/aromatic N) is 4. The van der Waals surface area contributed by atoms with E-state index in [1.54, 1.807) is 30.1 Å². The van der Waals surface area contributed by atoms with Gasteiger partial charge in [-0.05, 0) is 48.9 Å². The van der Waals surface area contributed by atoms with Gasteiger partial charge in [0.05, 0.1) is 18.5 Å². The number of thioether (sulfide) groups is 1. The van der Waals surface area contributed by atoms with E-state index in [1.807, 2.05) is 31.2 Å². The van der Waals surface area contributed by atoms with Crippen LogP contribution in [0.3, 0.4) is 0 Å². The van der Waals surface area contributed by atoms with Crippen LogP contribution >= 0.6 is 39.0 Å². The first-order chi connectivity index (χ1) is 15.5. The third-order valence-electron chi connectivity index (χ3n) is 4.19. The highest BCUT2D eigenvalue weighted by Gasteiger charge is 2.20. The Morgan fingerprint density at radius 3 is 2.66 bits per heavy atom. The van der Waals surface area contributed by atoms with Gasteiger partial charge < -0.3 is 4.74 Å². The molecule has 0 aliphatic heterocycles. The maximum Gasteiger partial charge on any atom is 0.281 e. The fraction of sp³-hybridized carbons (Fsp3) is 0.143. The van der Waals surface area contributed by atoms with Gasteiger partial charge in [-0.2, -0.15) is 5.10 Å². The van der Waals surface area contributed by atoms with Crippen molar-refractivity contribution in [1.29, 1.82) is 0 Å². The van der Waals surface area contributed by atoms with Gasteiger partial charge in [-0.1, -0.05) is 51.2 Å². The predicted molar refractivity (Wildman–Crippen MR) is 126 cm³/mol. The summed E-state index contributed by atoms with van der Waals surface area (Å²) >= 11 is 6.25. The van der Waals surface area contributed by atoms with E-state index in [0.717, 1.165) is 20.1 Å². The maximum absolute atomic E-state index is 13.2. The van der Waals surface area contributed by atoms with Gasteiger partial charge in [-0.15, -0.1) is 10.2 Å². The molecule has 1 N–H and O–H groups in total. The molecule has 2 heterocycles. The zero-order valence-corrected chi connectivity index (χ0v) is 20.0. The van der Waals surface area contributed by atoms with E-state index in [0.29, 0.717) is 23.2 Å². The van der Waals surface area contributed by atoms with E-state index in [-0.39, 0.29) is 11.5 Å². The summed E-state index contributed by atoms with van der Waals surface area (Å²) in [6, 6.07) is 13.8. The molecule has 2 aromatic carbocycles. The highest BCUT2D eigenvalue weighted by molar-refractivity contribution is 9.10. The number of hydrogen-bond acceptors (Lipinski definition) is 7. The smallest absolute Gasteiger partial charge is 0.281 e. The van der Waals surface area contributed by atoms with Crippen LogP contribution in [0.15, 0.2) is 63.5 Å². The van der Waals surface area contributed by atoms with E-state index in [4.69, 9.17) is 4.74 Å². The summed E-state index contributed by atoms with van der Waals surface area (Å²) in [6.45, 7) is 2.18. The third-order valence-corrected chi connectivity index (χ3v) is 6.76. The number of rotatable bonds is 8. The van der Waals surface area contributed by atoms with Crippen LogP contribution in [0.5, 0.6) is 5.75 Å². The normalized spacial score (nSPS) is 10.8. The average molecular weight is 534 g/mol. The number of amides is 1. The predicted octanol–water partition coefficient (Wildman–Crippen LogP) is 5.57. The summed E-state index contributed by atoms with van der Waals surface area (Å²) in [5.74, 6) is 0.250. The zero-order valence-electron chi connectivity index (χ0n) is 16.8. The van der Waals surface area contributed by atoms with E-state index in [1.165, 1.54) is 28.2 Å². The van der Waals surface area contributed by atoms with Crippen LogP contribution < -0.4 is 10.1 Å². The van der Waals surface area contributed by atoms with Gasteiger partial charge in [-0.3, -0.25) is 10.1 Å². The van der Waals surface area contributed by atoms with Crippen LogP contribution in [0.2, 0.25) is 0 Å². The van der Waals surface area contributed by atoms with Gasteiger partial charge >= 0.3 is 0 Å². The largest absolute Gasteiger partial charge is 0.490 e. The number of carbonyl (C=O) groups is 1. The molecule has 164 valence electrons. The Labute approximate surface area is 200 Å². The first-order valence-electron chi connectivity index (χ1n) is 9.52. The molecule has 32 heavy (non-hydrogen) atoms. The molecule has 0 spiro atoms. The minimum Gasteiger partial charge on any atom is -0.490 e. The number of anilines is 1. The minimum absolute atomic E-state index is 0.107. The summed E-state index contributed by atoms with van der Waals surface area (Å²) < 4.78 is 22.0. The second kappa shape index (κ2) is 10.2. The van der Waals surface area contributed by atoms with E-state index in [9.17, 15) is 9.18 Å². The Bertz CT molecular complexity index is 1210. The lowest BCUT2D eigenvalue weighted by Crippen LogP contribution is -2.14. The molecule has 0 fully saturated rings. The number of nitrogens with one attached hydrogen (secondary N) is 1. The van der Waals surface area contributed by atoms with Gasteiger partial charge in [-0.25, -0.2) is 9.07 Å². The second-order valence-corrected chi connectivity index (χ2v) is 9.55. The van der Waals surface area contributed by atoms with Crippen molar-refractivity contribution < 1.29 is 13.9 Å². The molecule has 7 nitrogen and oxygen atoms in total. The van der Waals surface area contributed by atoms with Gasteiger partial charge in [0.1, 0.15) is 5.82 Å². The molecule has 0 atom stereocenters. The Kier molecular flexibility index (Phi) is 7.18. The van der Waals surface area contributed by atoms with Gasteiger partial charge in [0.15, 0.2) is 15.8 Å². The summed E-state index contributed by atoms with van der Waals surface area (Å²) in [7, 11) is 0. The van der Waals surface area contributed by atoms with Crippen LogP contribution in [0.1, 0.15) is 23.0 Å². The Morgan fingerprint density at radius 1 is 1.19 bits per heavy atom. The van der Waals surface area contributed by atoms with Gasteiger partial charge in [0.25, 0.3) is 5.91 Å². The van der Waals surface area contributed by atoms with Crippen molar-refractivity contribution in [3.05, 3.63) is 76.3 Å². The molecular formula is C21H17BrFN5O2S2. The number of carbonyl (C=O) groups excluding carboxylic acids is 1. The molecule has 2 aromatic heterocycles. The average Bonchev–Trinajstić information content (AvgIpc) is 3.41. The van der Waals surface area contributed by atoms with E-state index in [2.05, 4.69) is 36.5 Å². The van der Waals surface area contributed by atoms with Crippen molar-refractivity contribution in [1.82, 2.24) is 20.0 Å². The quantitative estimate of drug-likeness (QED) is 0.235. The summed E-state index contributed by atoms with van der Waals surface area (Å²) in [6.07, 6.45) is 1.59. The lowest BCUT2D eigenvalue weighted by molar-refractivity contribution is 0.101. The number of aromatic nitrogens is 4. The van der Waals surface area contributed by atoms with Gasteiger partial charge in [0.2, 0.25) is 5.13 Å². The molecule has 1 amide bonds. The van der Waals surface area contributed by atoms with Crippen molar-refractivity contribution in [3.8, 4) is 11.4 Å². The van der Waals surface area contributed by atoms with Crippen molar-refractivity contribution in [3.63, 3.8) is 0 Å². The molecule has 11 heteroatoms. The zero-order chi connectivity index (χ0) is 22.5. The molecule has 0 unspecified atom stereocenters. The Hall–Kier alpha value is -2.76. The van der Waals surface area contributed by atoms with Crippen LogP contribution in [0, 0.1) is 5.82 Å². The lowest BCUT2D eigenvalue weighted by Gasteiger charge is -2.02. The summed E-state index contributed by atoms with van der Waals surface area (Å²) in [5, 5.41) is 15.6. The van der Waals surface area contributed by atoms with Crippen LogP contribution in [0.25, 0.3) is 5.69 Å². The van der Waals surface area contributed by atoms with Crippen LogP contribution in [-0.4, -0.2) is 32.5 Å². The molecule has 4 rings (SSSR count). The fourth-order valence-electron chi connectivity index (χ4n) is 2.70. The summed E-state index contributed by atoms with van der Waals surface area (Å²) in [5.41, 5.74) is 1.87. The van der Waals surface area contributed by atoms with Crippen LogP contribution in [-0.2, 0) is 5.75 Å². The molecule has 0 aliphatic carbocycles. The first kappa shape index (κ1) is 22.4. The Balaban J connectivity index is 1.45. The van der Waals surface area contributed by atoms with Crippen molar-refractivity contribution in [2.75, 3.05) is 11.9 Å². The number of ether oxygens (including phenoxy) is 1. The third kappa shape index (κ3) is 5.53. The molecule has 0 saturated carbocycles. The minimum atomic E-state index is -0.463. The maximum atomic E-state index is 13.2. The fourth-order valence-corrected chi connectivity index (χ4v) is 4.67. The highest BCUT2D eigenvalue weighted by Crippen LogP contribution is 2.29. The molecule has 0 aliphatic rings. The van der Waals surface area contributed by atoms with Crippen LogP contribution in [0.4, 0.5) is 9.52 Å². The van der Waals surface area contributed by atoms with E-state index >= 15 is 0 Å². The monoisotopic (exact) mass is 533 g/mol. The van der Waals surface area contributed by atoms with Crippen molar-refractivity contribution in [2.24, 2.45) is 0 Å². The first-order valence-corrected chi connectivity index (χ1v) is 12.1. The number of halogens is 2. The molecule has 0 radical (unpaired) electrons. The summed E-state index contributed by atoms with van der Waals surface area (Å²) in [4.78, 5) is 12.8.